The average Bonchev–Trinajstić information content (AvgIpc) is 2.52. The normalized spacial score (nSPS) is 10.9. The van der Waals surface area contributed by atoms with Crippen molar-refractivity contribution >= 4 is 11.8 Å². The summed E-state index contributed by atoms with van der Waals surface area (Å²) in [6.07, 6.45) is 10.2. The molecule has 2 heteroatoms. The van der Waals surface area contributed by atoms with E-state index in [0.29, 0.717) is 0 Å². The molecule has 0 bridgehead atoms. The standard InChI is InChI=1S/C18H22N2/c1-3-20(2)18-10-8-16(9-11-18)6-4-5-7-17-12-14-19-15-13-17/h4,6,8-15H,3,5,7H2,1-2H3. The lowest BCUT2D eigenvalue weighted by molar-refractivity contribution is 0.968. The molecule has 1 aromatic heterocycles. The van der Waals surface area contributed by atoms with Gasteiger partial charge in [-0.3, -0.25) is 4.98 Å². The molecule has 2 rings (SSSR count). The molecule has 0 aliphatic carbocycles. The number of aryl methyl sites for hydroxylation is 1. The summed E-state index contributed by atoms with van der Waals surface area (Å²) < 4.78 is 0. The third kappa shape index (κ3) is 4.23. The van der Waals surface area contributed by atoms with E-state index in [4.69, 9.17) is 0 Å². The maximum atomic E-state index is 4.03. The Morgan fingerprint density at radius 1 is 1.05 bits per heavy atom. The molecular weight excluding hydrogens is 244 g/mol. The van der Waals surface area contributed by atoms with Crippen LogP contribution in [0.1, 0.15) is 24.5 Å². The van der Waals surface area contributed by atoms with Crippen molar-refractivity contribution in [1.29, 1.82) is 0 Å². The van der Waals surface area contributed by atoms with E-state index in [-0.39, 0.29) is 0 Å². The minimum Gasteiger partial charge on any atom is -0.375 e. The van der Waals surface area contributed by atoms with Gasteiger partial charge in [0.25, 0.3) is 0 Å². The molecular formula is C18H22N2. The van der Waals surface area contributed by atoms with Crippen molar-refractivity contribution in [1.82, 2.24) is 4.98 Å². The predicted molar refractivity (Wildman–Crippen MR) is 87.0 cm³/mol. The number of hydrogen-bond acceptors (Lipinski definition) is 2. The summed E-state index contributed by atoms with van der Waals surface area (Å²) in [5.41, 5.74) is 3.86. The molecule has 2 nitrogen and oxygen atoms in total. The molecule has 2 aromatic rings. The summed E-state index contributed by atoms with van der Waals surface area (Å²) in [6.45, 7) is 3.19. The van der Waals surface area contributed by atoms with Gasteiger partial charge < -0.3 is 4.90 Å². The molecule has 0 aliphatic rings. The van der Waals surface area contributed by atoms with Crippen LogP contribution in [0.15, 0.2) is 54.9 Å². The van der Waals surface area contributed by atoms with Crippen LogP contribution >= 0.6 is 0 Å². The van der Waals surface area contributed by atoms with E-state index in [1.807, 2.05) is 12.4 Å². The van der Waals surface area contributed by atoms with Gasteiger partial charge in [-0.25, -0.2) is 0 Å². The molecule has 0 N–H and O–H groups in total. The zero-order chi connectivity index (χ0) is 14.2. The maximum Gasteiger partial charge on any atom is 0.0363 e. The summed E-state index contributed by atoms with van der Waals surface area (Å²) in [5, 5.41) is 0. The zero-order valence-electron chi connectivity index (χ0n) is 12.3. The van der Waals surface area contributed by atoms with Gasteiger partial charge in [-0.2, -0.15) is 0 Å². The number of benzene rings is 1. The highest BCUT2D eigenvalue weighted by molar-refractivity contribution is 5.55. The molecule has 0 aliphatic heterocycles. The van der Waals surface area contributed by atoms with Crippen molar-refractivity contribution in [2.24, 2.45) is 0 Å². The van der Waals surface area contributed by atoms with E-state index >= 15 is 0 Å². The van der Waals surface area contributed by atoms with Crippen molar-refractivity contribution in [3.05, 3.63) is 66.0 Å². The van der Waals surface area contributed by atoms with Gasteiger partial charge in [-0.15, -0.1) is 0 Å². The molecule has 0 spiro atoms. The first-order valence-corrected chi connectivity index (χ1v) is 7.16. The minimum absolute atomic E-state index is 1.03. The molecule has 20 heavy (non-hydrogen) atoms. The van der Waals surface area contributed by atoms with Crippen LogP contribution in [0.25, 0.3) is 6.08 Å². The van der Waals surface area contributed by atoms with Crippen LogP contribution in [-0.4, -0.2) is 18.6 Å². The topological polar surface area (TPSA) is 16.1 Å². The van der Waals surface area contributed by atoms with Crippen molar-refractivity contribution in [2.75, 3.05) is 18.5 Å². The Morgan fingerprint density at radius 2 is 1.75 bits per heavy atom. The Labute approximate surface area is 121 Å². The molecule has 0 radical (unpaired) electrons. The molecule has 1 heterocycles. The number of pyridine rings is 1. The van der Waals surface area contributed by atoms with E-state index in [1.54, 1.807) is 0 Å². The third-order valence-corrected chi connectivity index (χ3v) is 3.47. The van der Waals surface area contributed by atoms with Crippen LogP contribution in [-0.2, 0) is 6.42 Å². The lowest BCUT2D eigenvalue weighted by atomic mass is 10.1. The molecule has 0 atom stereocenters. The molecule has 0 amide bonds. The molecule has 0 fully saturated rings. The van der Waals surface area contributed by atoms with Gasteiger partial charge in [-0.05, 0) is 55.2 Å². The second-order valence-electron chi connectivity index (χ2n) is 4.90. The first-order chi connectivity index (χ1) is 9.79. The summed E-state index contributed by atoms with van der Waals surface area (Å²) in [6, 6.07) is 12.8. The molecule has 0 unspecified atom stereocenters. The fourth-order valence-electron chi connectivity index (χ4n) is 2.04. The van der Waals surface area contributed by atoms with Crippen molar-refractivity contribution < 1.29 is 0 Å². The largest absolute Gasteiger partial charge is 0.375 e. The first-order valence-electron chi connectivity index (χ1n) is 7.16. The van der Waals surface area contributed by atoms with Crippen LogP contribution in [0.4, 0.5) is 5.69 Å². The Bertz CT molecular complexity index is 529. The smallest absolute Gasteiger partial charge is 0.0363 e. The van der Waals surface area contributed by atoms with Crippen LogP contribution in [0.5, 0.6) is 0 Å². The zero-order valence-corrected chi connectivity index (χ0v) is 12.3. The van der Waals surface area contributed by atoms with Crippen LogP contribution in [0, 0.1) is 0 Å². The minimum atomic E-state index is 1.03. The summed E-state index contributed by atoms with van der Waals surface area (Å²) in [5.74, 6) is 0. The number of aromatic nitrogens is 1. The van der Waals surface area contributed by atoms with Crippen LogP contribution < -0.4 is 4.90 Å². The molecule has 0 saturated heterocycles. The number of hydrogen-bond donors (Lipinski definition) is 0. The quantitative estimate of drug-likeness (QED) is 0.779. The highest BCUT2D eigenvalue weighted by Gasteiger charge is 1.96. The van der Waals surface area contributed by atoms with E-state index in [9.17, 15) is 0 Å². The molecule has 0 saturated carbocycles. The van der Waals surface area contributed by atoms with Crippen molar-refractivity contribution in [3.8, 4) is 0 Å². The lowest BCUT2D eigenvalue weighted by Crippen LogP contribution is -2.15. The SMILES string of the molecule is CCN(C)c1ccc(C=CCCc2ccncc2)cc1. The third-order valence-electron chi connectivity index (χ3n) is 3.47. The van der Waals surface area contributed by atoms with Crippen LogP contribution in [0.2, 0.25) is 0 Å². The number of allylic oxidation sites excluding steroid dienone is 1. The summed E-state index contributed by atoms with van der Waals surface area (Å²) in [7, 11) is 2.11. The van der Waals surface area contributed by atoms with Crippen molar-refractivity contribution in [2.45, 2.75) is 19.8 Å². The van der Waals surface area contributed by atoms with Gasteiger partial charge >= 0.3 is 0 Å². The molecule has 1 aromatic carbocycles. The average molecular weight is 266 g/mol. The van der Waals surface area contributed by atoms with Gasteiger partial charge in [0.2, 0.25) is 0 Å². The van der Waals surface area contributed by atoms with Crippen molar-refractivity contribution in [3.63, 3.8) is 0 Å². The summed E-state index contributed by atoms with van der Waals surface area (Å²) >= 11 is 0. The second-order valence-corrected chi connectivity index (χ2v) is 4.90. The Hall–Kier alpha value is -2.09. The second kappa shape index (κ2) is 7.49. The Balaban J connectivity index is 1.85. The number of rotatable bonds is 6. The van der Waals surface area contributed by atoms with E-state index < -0.39 is 0 Å². The molecule has 104 valence electrons. The number of nitrogens with zero attached hydrogens (tertiary/aromatic N) is 2. The van der Waals surface area contributed by atoms with Gasteiger partial charge in [0.05, 0.1) is 0 Å². The summed E-state index contributed by atoms with van der Waals surface area (Å²) in [4.78, 5) is 6.26. The Kier molecular flexibility index (Phi) is 5.36. The van der Waals surface area contributed by atoms with E-state index in [0.717, 1.165) is 19.4 Å². The van der Waals surface area contributed by atoms with Gasteiger partial charge in [0.15, 0.2) is 0 Å². The highest BCUT2D eigenvalue weighted by atomic mass is 15.1. The highest BCUT2D eigenvalue weighted by Crippen LogP contribution is 2.14. The lowest BCUT2D eigenvalue weighted by Gasteiger charge is -2.16. The fourth-order valence-corrected chi connectivity index (χ4v) is 2.04. The van der Waals surface area contributed by atoms with Gasteiger partial charge in [0, 0.05) is 31.7 Å². The monoisotopic (exact) mass is 266 g/mol. The van der Waals surface area contributed by atoms with E-state index in [1.165, 1.54) is 16.8 Å². The van der Waals surface area contributed by atoms with Crippen LogP contribution in [0.3, 0.4) is 0 Å². The van der Waals surface area contributed by atoms with E-state index in [2.05, 4.69) is 72.4 Å². The maximum absolute atomic E-state index is 4.03. The van der Waals surface area contributed by atoms with Gasteiger partial charge in [0.1, 0.15) is 0 Å². The first kappa shape index (κ1) is 14.3. The van der Waals surface area contributed by atoms with Gasteiger partial charge in [-0.1, -0.05) is 24.3 Å². The number of anilines is 1. The fraction of sp³-hybridized carbons (Fsp3) is 0.278. The predicted octanol–water partition coefficient (Wildman–Crippen LogP) is 4.18. The Morgan fingerprint density at radius 3 is 2.40 bits per heavy atom.